The molecule has 0 heterocycles. The van der Waals surface area contributed by atoms with Crippen molar-refractivity contribution >= 4 is 10.8 Å². The summed E-state index contributed by atoms with van der Waals surface area (Å²) < 4.78 is 6.87. The first-order valence-corrected chi connectivity index (χ1v) is 12.7. The van der Waals surface area contributed by atoms with Crippen molar-refractivity contribution in [2.75, 3.05) is 0 Å². The topological polar surface area (TPSA) is 9.23 Å². The lowest BCUT2D eigenvalue weighted by Crippen LogP contribution is -2.53. The Bertz CT molecular complexity index is 928. The number of ether oxygens (including phenoxy) is 1. The lowest BCUT2D eigenvalue weighted by molar-refractivity contribution is -0.117. The second kappa shape index (κ2) is 7.01. The van der Waals surface area contributed by atoms with E-state index in [0.717, 1.165) is 29.4 Å². The molecule has 7 atom stereocenters. The standard InChI is InChI=1S/C29H38O/c1-28-18-6-5-10-21(28)13-14-23-24-15-16-27(29(24,2)19-17-25(23)28)30-26-12-7-9-20-8-3-4-11-22(20)26/h3-4,7-9,11-12,21,23-25,27H,5-6,10,13-19H2,1-2H3/t21?,23-,24-,25+,27?,28-,29-/m0/s1. The van der Waals surface area contributed by atoms with Gasteiger partial charge in [-0.25, -0.2) is 0 Å². The summed E-state index contributed by atoms with van der Waals surface area (Å²) in [5.74, 6) is 4.91. The molecule has 2 aromatic carbocycles. The Balaban J connectivity index is 1.28. The van der Waals surface area contributed by atoms with Gasteiger partial charge in [0, 0.05) is 10.8 Å². The molecule has 0 radical (unpaired) electrons. The second-order valence-electron chi connectivity index (χ2n) is 11.6. The van der Waals surface area contributed by atoms with Gasteiger partial charge in [0.25, 0.3) is 0 Å². The molecule has 0 aliphatic heterocycles. The fraction of sp³-hybridized carbons (Fsp3) is 0.655. The molecule has 1 nitrogen and oxygen atoms in total. The highest BCUT2D eigenvalue weighted by molar-refractivity contribution is 5.88. The molecule has 0 spiro atoms. The molecular formula is C29H38O. The Kier molecular flexibility index (Phi) is 4.49. The first-order valence-electron chi connectivity index (χ1n) is 12.7. The van der Waals surface area contributed by atoms with Crippen molar-refractivity contribution in [3.05, 3.63) is 42.5 Å². The summed E-state index contributed by atoms with van der Waals surface area (Å²) in [5.41, 5.74) is 0.993. The SMILES string of the molecule is C[C@]12CCCCC1CC[C@@H]1[C@H]2CC[C@]2(C)C(Oc3cccc4ccccc34)CC[C@@H]12. The summed E-state index contributed by atoms with van der Waals surface area (Å²) in [7, 11) is 0. The summed E-state index contributed by atoms with van der Waals surface area (Å²) >= 11 is 0. The lowest BCUT2D eigenvalue weighted by atomic mass is 9.45. The highest BCUT2D eigenvalue weighted by Crippen LogP contribution is 2.66. The first-order chi connectivity index (χ1) is 14.6. The van der Waals surface area contributed by atoms with Crippen LogP contribution >= 0.6 is 0 Å². The molecule has 0 N–H and O–H groups in total. The Morgan fingerprint density at radius 1 is 0.733 bits per heavy atom. The van der Waals surface area contributed by atoms with Crippen molar-refractivity contribution in [1.29, 1.82) is 0 Å². The molecule has 6 rings (SSSR count). The monoisotopic (exact) mass is 402 g/mol. The minimum Gasteiger partial charge on any atom is -0.489 e. The predicted molar refractivity (Wildman–Crippen MR) is 125 cm³/mol. The van der Waals surface area contributed by atoms with Crippen LogP contribution in [-0.4, -0.2) is 6.10 Å². The van der Waals surface area contributed by atoms with Gasteiger partial charge in [-0.2, -0.15) is 0 Å². The van der Waals surface area contributed by atoms with Gasteiger partial charge in [0.15, 0.2) is 0 Å². The Morgan fingerprint density at radius 3 is 2.50 bits per heavy atom. The van der Waals surface area contributed by atoms with E-state index < -0.39 is 0 Å². The Hall–Kier alpha value is -1.50. The molecule has 4 aliphatic rings. The summed E-state index contributed by atoms with van der Waals surface area (Å²) in [6.07, 6.45) is 14.8. The van der Waals surface area contributed by atoms with Gasteiger partial charge in [0.2, 0.25) is 0 Å². The maximum Gasteiger partial charge on any atom is 0.127 e. The van der Waals surface area contributed by atoms with E-state index in [-0.39, 0.29) is 0 Å². The van der Waals surface area contributed by atoms with Crippen LogP contribution in [0.3, 0.4) is 0 Å². The summed E-state index contributed by atoms with van der Waals surface area (Å²) in [5, 5.41) is 2.57. The van der Waals surface area contributed by atoms with Crippen LogP contribution in [0.5, 0.6) is 5.75 Å². The molecule has 160 valence electrons. The smallest absolute Gasteiger partial charge is 0.127 e. The molecule has 2 unspecified atom stereocenters. The van der Waals surface area contributed by atoms with Crippen LogP contribution in [0.15, 0.2) is 42.5 Å². The van der Waals surface area contributed by atoms with Gasteiger partial charge < -0.3 is 4.74 Å². The maximum absolute atomic E-state index is 6.87. The van der Waals surface area contributed by atoms with E-state index in [1.165, 1.54) is 75.0 Å². The molecule has 4 fully saturated rings. The fourth-order valence-electron chi connectivity index (χ4n) is 8.89. The summed E-state index contributed by atoms with van der Waals surface area (Å²) in [6.45, 7) is 5.28. The van der Waals surface area contributed by atoms with Gasteiger partial charge in [-0.1, -0.05) is 63.1 Å². The predicted octanol–water partition coefficient (Wildman–Crippen LogP) is 8.02. The molecule has 0 aromatic heterocycles. The Morgan fingerprint density at radius 2 is 1.57 bits per heavy atom. The van der Waals surface area contributed by atoms with Crippen LogP contribution in [0, 0.1) is 34.5 Å². The van der Waals surface area contributed by atoms with Crippen LogP contribution in [0.1, 0.15) is 78.1 Å². The number of rotatable bonds is 2. The average molecular weight is 403 g/mol. The quantitative estimate of drug-likeness (QED) is 0.494. The van der Waals surface area contributed by atoms with Crippen LogP contribution < -0.4 is 4.74 Å². The van der Waals surface area contributed by atoms with Gasteiger partial charge in [0.05, 0.1) is 0 Å². The number of fused-ring (bicyclic) bond motifs is 6. The van der Waals surface area contributed by atoms with Crippen molar-refractivity contribution in [1.82, 2.24) is 0 Å². The van der Waals surface area contributed by atoms with E-state index in [0.29, 0.717) is 16.9 Å². The third-order valence-electron chi connectivity index (χ3n) is 10.5. The van der Waals surface area contributed by atoms with Gasteiger partial charge >= 0.3 is 0 Å². The van der Waals surface area contributed by atoms with Crippen molar-refractivity contribution < 1.29 is 4.74 Å². The first kappa shape index (κ1) is 19.2. The third kappa shape index (κ3) is 2.73. The van der Waals surface area contributed by atoms with Crippen LogP contribution in [0.2, 0.25) is 0 Å². The molecule has 4 aliphatic carbocycles. The molecule has 4 saturated carbocycles. The van der Waals surface area contributed by atoms with E-state index in [1.54, 1.807) is 0 Å². The van der Waals surface area contributed by atoms with Crippen LogP contribution in [-0.2, 0) is 0 Å². The Labute approximate surface area is 182 Å². The third-order valence-corrected chi connectivity index (χ3v) is 10.5. The van der Waals surface area contributed by atoms with Gasteiger partial charge in [0.1, 0.15) is 11.9 Å². The lowest BCUT2D eigenvalue weighted by Gasteiger charge is -2.60. The zero-order chi connectivity index (χ0) is 20.3. The second-order valence-corrected chi connectivity index (χ2v) is 11.6. The van der Waals surface area contributed by atoms with Crippen molar-refractivity contribution in [2.45, 2.75) is 84.2 Å². The van der Waals surface area contributed by atoms with E-state index >= 15 is 0 Å². The normalized spacial score (nSPS) is 42.9. The van der Waals surface area contributed by atoms with Crippen molar-refractivity contribution in [3.63, 3.8) is 0 Å². The minimum atomic E-state index is 0.357. The van der Waals surface area contributed by atoms with Gasteiger partial charge in [-0.05, 0) is 91.9 Å². The van der Waals surface area contributed by atoms with E-state index in [9.17, 15) is 0 Å². The summed E-state index contributed by atoms with van der Waals surface area (Å²) in [6, 6.07) is 15.3. The maximum atomic E-state index is 6.87. The summed E-state index contributed by atoms with van der Waals surface area (Å²) in [4.78, 5) is 0. The molecule has 2 aromatic rings. The highest BCUT2D eigenvalue weighted by atomic mass is 16.5. The molecule has 1 heteroatoms. The molecule has 0 saturated heterocycles. The zero-order valence-corrected chi connectivity index (χ0v) is 18.9. The van der Waals surface area contributed by atoms with Crippen LogP contribution in [0.25, 0.3) is 10.8 Å². The van der Waals surface area contributed by atoms with E-state index in [2.05, 4.69) is 56.3 Å². The number of hydrogen-bond donors (Lipinski definition) is 0. The van der Waals surface area contributed by atoms with Crippen molar-refractivity contribution in [2.24, 2.45) is 34.5 Å². The highest BCUT2D eigenvalue weighted by Gasteiger charge is 2.60. The molecule has 30 heavy (non-hydrogen) atoms. The largest absolute Gasteiger partial charge is 0.489 e. The van der Waals surface area contributed by atoms with E-state index in [1.807, 2.05) is 0 Å². The number of hydrogen-bond acceptors (Lipinski definition) is 1. The zero-order valence-electron chi connectivity index (χ0n) is 18.9. The van der Waals surface area contributed by atoms with Gasteiger partial charge in [-0.15, -0.1) is 0 Å². The minimum absolute atomic E-state index is 0.357. The van der Waals surface area contributed by atoms with Crippen molar-refractivity contribution in [3.8, 4) is 5.75 Å². The molecule has 0 bridgehead atoms. The average Bonchev–Trinajstić information content (AvgIpc) is 3.10. The number of benzene rings is 2. The van der Waals surface area contributed by atoms with E-state index in [4.69, 9.17) is 4.74 Å². The van der Waals surface area contributed by atoms with Crippen LogP contribution in [0.4, 0.5) is 0 Å². The molecule has 0 amide bonds. The fourth-order valence-corrected chi connectivity index (χ4v) is 8.89. The molecular weight excluding hydrogens is 364 g/mol. The van der Waals surface area contributed by atoms with Gasteiger partial charge in [-0.3, -0.25) is 0 Å².